The van der Waals surface area contributed by atoms with E-state index < -0.39 is 5.60 Å². The van der Waals surface area contributed by atoms with E-state index in [1.165, 1.54) is 0 Å². The van der Waals surface area contributed by atoms with Gasteiger partial charge >= 0.3 is 0 Å². The van der Waals surface area contributed by atoms with Gasteiger partial charge in [0.05, 0.1) is 18.7 Å². The third-order valence-corrected chi connectivity index (χ3v) is 3.32. The summed E-state index contributed by atoms with van der Waals surface area (Å²) in [4.78, 5) is 13.7. The summed E-state index contributed by atoms with van der Waals surface area (Å²) in [6.07, 6.45) is 1.68. The Morgan fingerprint density at radius 3 is 2.53 bits per heavy atom. The van der Waals surface area contributed by atoms with E-state index in [0.29, 0.717) is 23.7 Å². The number of halogens is 1. The van der Waals surface area contributed by atoms with Gasteiger partial charge in [0, 0.05) is 10.6 Å². The summed E-state index contributed by atoms with van der Waals surface area (Å²) in [5, 5.41) is 10.6. The van der Waals surface area contributed by atoms with Crippen molar-refractivity contribution < 1.29 is 9.90 Å². The minimum absolute atomic E-state index is 0.0394. The number of carbonyl (C=O) groups excluding carboxylic acids is 1. The summed E-state index contributed by atoms with van der Waals surface area (Å²) < 4.78 is 0. The van der Waals surface area contributed by atoms with Crippen LogP contribution in [0.1, 0.15) is 30.1 Å². The fourth-order valence-corrected chi connectivity index (χ4v) is 2.33. The molecule has 2 rings (SSSR count). The van der Waals surface area contributed by atoms with Crippen molar-refractivity contribution in [1.82, 2.24) is 4.90 Å². The zero-order valence-corrected chi connectivity index (χ0v) is 10.6. The van der Waals surface area contributed by atoms with E-state index in [1.807, 2.05) is 6.92 Å². The van der Waals surface area contributed by atoms with Crippen LogP contribution >= 0.6 is 11.6 Å². The van der Waals surface area contributed by atoms with Crippen molar-refractivity contribution in [1.29, 1.82) is 0 Å². The maximum absolute atomic E-state index is 12.0. The van der Waals surface area contributed by atoms with Crippen LogP contribution in [-0.2, 0) is 0 Å². The van der Waals surface area contributed by atoms with E-state index in [-0.39, 0.29) is 5.91 Å². The maximum atomic E-state index is 12.0. The number of hydrogen-bond acceptors (Lipinski definition) is 2. The fraction of sp³-hybridized carbons (Fsp3) is 0.462. The lowest BCUT2D eigenvalue weighted by Gasteiger charge is -2.46. The van der Waals surface area contributed by atoms with Crippen molar-refractivity contribution in [2.45, 2.75) is 25.4 Å². The summed E-state index contributed by atoms with van der Waals surface area (Å²) in [5.41, 5.74) is -0.0513. The zero-order valence-electron chi connectivity index (χ0n) is 9.82. The number of hydrogen-bond donors (Lipinski definition) is 1. The highest BCUT2D eigenvalue weighted by atomic mass is 35.5. The molecule has 0 bridgehead atoms. The highest BCUT2D eigenvalue weighted by Gasteiger charge is 2.42. The van der Waals surface area contributed by atoms with Gasteiger partial charge in [-0.05, 0) is 30.7 Å². The van der Waals surface area contributed by atoms with Gasteiger partial charge in [-0.2, -0.15) is 0 Å². The number of aliphatic hydroxyl groups is 1. The second-order valence-corrected chi connectivity index (χ2v) is 5.08. The monoisotopic (exact) mass is 253 g/mol. The van der Waals surface area contributed by atoms with Crippen molar-refractivity contribution in [3.63, 3.8) is 0 Å². The summed E-state index contributed by atoms with van der Waals surface area (Å²) in [7, 11) is 0. The molecule has 0 atom stereocenters. The van der Waals surface area contributed by atoms with E-state index >= 15 is 0 Å². The van der Waals surface area contributed by atoms with Gasteiger partial charge in [-0.25, -0.2) is 0 Å². The molecule has 4 heteroatoms. The van der Waals surface area contributed by atoms with Crippen LogP contribution in [0.4, 0.5) is 0 Å². The van der Waals surface area contributed by atoms with Crippen LogP contribution in [0.5, 0.6) is 0 Å². The quantitative estimate of drug-likeness (QED) is 0.898. The van der Waals surface area contributed by atoms with E-state index in [0.717, 1.165) is 12.8 Å². The van der Waals surface area contributed by atoms with Crippen LogP contribution in [-0.4, -0.2) is 34.6 Å². The Morgan fingerprint density at radius 1 is 1.41 bits per heavy atom. The van der Waals surface area contributed by atoms with Gasteiger partial charge in [0.25, 0.3) is 5.91 Å². The molecule has 1 N–H and O–H groups in total. The second-order valence-electron chi connectivity index (χ2n) is 4.64. The SMILES string of the molecule is CCCC1(O)CN(C(=O)c2ccc(Cl)cc2)C1. The van der Waals surface area contributed by atoms with Crippen LogP contribution in [0.2, 0.25) is 5.02 Å². The van der Waals surface area contributed by atoms with Crippen molar-refractivity contribution in [2.24, 2.45) is 0 Å². The summed E-state index contributed by atoms with van der Waals surface area (Å²) >= 11 is 5.77. The Labute approximate surface area is 106 Å². The van der Waals surface area contributed by atoms with Gasteiger partial charge in [0.15, 0.2) is 0 Å². The molecule has 92 valence electrons. The lowest BCUT2D eigenvalue weighted by molar-refractivity contribution is -0.0860. The summed E-state index contributed by atoms with van der Waals surface area (Å²) in [5.74, 6) is -0.0394. The van der Waals surface area contributed by atoms with Crippen LogP contribution in [0.15, 0.2) is 24.3 Å². The molecule has 3 nitrogen and oxygen atoms in total. The van der Waals surface area contributed by atoms with E-state index in [4.69, 9.17) is 11.6 Å². The molecule has 1 saturated heterocycles. The first-order chi connectivity index (χ1) is 8.04. The number of carbonyl (C=O) groups is 1. The lowest BCUT2D eigenvalue weighted by atomic mass is 9.89. The minimum Gasteiger partial charge on any atom is -0.386 e. The number of rotatable bonds is 3. The van der Waals surface area contributed by atoms with Crippen LogP contribution < -0.4 is 0 Å². The molecule has 1 aromatic carbocycles. The summed E-state index contributed by atoms with van der Waals surface area (Å²) in [6.45, 7) is 2.90. The molecular formula is C13H16ClNO2. The Hall–Kier alpha value is -1.06. The number of likely N-dealkylation sites (tertiary alicyclic amines) is 1. The van der Waals surface area contributed by atoms with Crippen molar-refractivity contribution in [3.8, 4) is 0 Å². The Kier molecular flexibility index (Phi) is 3.40. The normalized spacial score (nSPS) is 17.7. The van der Waals surface area contributed by atoms with Gasteiger partial charge in [-0.1, -0.05) is 24.9 Å². The third kappa shape index (κ3) is 2.61. The first kappa shape index (κ1) is 12.4. The molecule has 17 heavy (non-hydrogen) atoms. The average Bonchev–Trinajstić information content (AvgIpc) is 2.26. The van der Waals surface area contributed by atoms with Gasteiger partial charge in [0.1, 0.15) is 0 Å². The topological polar surface area (TPSA) is 40.5 Å². The van der Waals surface area contributed by atoms with Gasteiger partial charge in [-0.15, -0.1) is 0 Å². The molecule has 0 saturated carbocycles. The fourth-order valence-electron chi connectivity index (χ4n) is 2.21. The molecule has 1 aromatic rings. The molecule has 1 fully saturated rings. The van der Waals surface area contributed by atoms with Crippen molar-refractivity contribution in [3.05, 3.63) is 34.9 Å². The zero-order chi connectivity index (χ0) is 12.5. The highest BCUT2D eigenvalue weighted by Crippen LogP contribution is 2.27. The van der Waals surface area contributed by atoms with Gasteiger partial charge < -0.3 is 10.0 Å². The molecule has 0 spiro atoms. The van der Waals surface area contributed by atoms with Crippen LogP contribution in [0.25, 0.3) is 0 Å². The molecule has 1 aliphatic heterocycles. The molecule has 1 aliphatic rings. The predicted octanol–water partition coefficient (Wildman–Crippen LogP) is 2.33. The Bertz CT molecular complexity index is 410. The van der Waals surface area contributed by atoms with E-state index in [1.54, 1.807) is 29.2 Å². The number of benzene rings is 1. The number of amides is 1. The third-order valence-electron chi connectivity index (χ3n) is 3.06. The maximum Gasteiger partial charge on any atom is 0.254 e. The first-order valence-corrected chi connectivity index (χ1v) is 6.19. The Balaban J connectivity index is 1.97. The standard InChI is InChI=1S/C13H16ClNO2/c1-2-7-13(17)8-15(9-13)12(16)10-3-5-11(14)6-4-10/h3-6,17H,2,7-9H2,1H3. The van der Waals surface area contributed by atoms with Gasteiger partial charge in [-0.3, -0.25) is 4.79 Å². The first-order valence-electron chi connectivity index (χ1n) is 5.81. The second kappa shape index (κ2) is 4.67. The van der Waals surface area contributed by atoms with Gasteiger partial charge in [0.2, 0.25) is 0 Å². The van der Waals surface area contributed by atoms with E-state index in [2.05, 4.69) is 0 Å². The average molecular weight is 254 g/mol. The molecule has 1 amide bonds. The predicted molar refractivity (Wildman–Crippen MR) is 67.2 cm³/mol. The van der Waals surface area contributed by atoms with Crippen molar-refractivity contribution in [2.75, 3.05) is 13.1 Å². The van der Waals surface area contributed by atoms with E-state index in [9.17, 15) is 9.90 Å². The highest BCUT2D eigenvalue weighted by molar-refractivity contribution is 6.30. The van der Waals surface area contributed by atoms with Crippen LogP contribution in [0, 0.1) is 0 Å². The lowest BCUT2D eigenvalue weighted by Crippen LogP contribution is -2.63. The molecule has 0 aromatic heterocycles. The number of nitrogens with zero attached hydrogens (tertiary/aromatic N) is 1. The molecule has 0 aliphatic carbocycles. The minimum atomic E-state index is -0.670. The Morgan fingerprint density at radius 2 is 2.00 bits per heavy atom. The largest absolute Gasteiger partial charge is 0.386 e. The molecule has 0 radical (unpaired) electrons. The van der Waals surface area contributed by atoms with Crippen molar-refractivity contribution >= 4 is 17.5 Å². The summed E-state index contributed by atoms with van der Waals surface area (Å²) in [6, 6.07) is 6.82. The molecule has 1 heterocycles. The van der Waals surface area contributed by atoms with Crippen LogP contribution in [0.3, 0.4) is 0 Å². The molecular weight excluding hydrogens is 238 g/mol. The smallest absolute Gasteiger partial charge is 0.254 e. The number of β-amino-alcohol motifs (C(OH)–C–C–N with tert-alkyl or cyclic N) is 1. The molecule has 0 unspecified atom stereocenters.